The van der Waals surface area contributed by atoms with E-state index in [1.54, 1.807) is 26.3 Å². The molecular formula is C7H11ClN2. The maximum Gasteiger partial charge on any atom is 0.140 e. The van der Waals surface area contributed by atoms with Crippen LogP contribution in [-0.4, -0.2) is 13.3 Å². The van der Waals surface area contributed by atoms with Crippen LogP contribution in [-0.2, 0) is 0 Å². The highest BCUT2D eigenvalue weighted by atomic mass is 35.5. The molecule has 0 atom stereocenters. The minimum Gasteiger partial charge on any atom is -0.372 e. The molecule has 0 fully saturated rings. The molecule has 0 saturated carbocycles. The summed E-state index contributed by atoms with van der Waals surface area (Å²) in [6.45, 7) is 5.26. The minimum atomic E-state index is 0.639. The van der Waals surface area contributed by atoms with Gasteiger partial charge in [0.25, 0.3) is 0 Å². The second kappa shape index (κ2) is 5.06. The average Bonchev–Trinajstić information content (AvgIpc) is 1.89. The molecule has 0 aliphatic carbocycles. The lowest BCUT2D eigenvalue weighted by molar-refractivity contribution is 0.957. The molecule has 0 aromatic rings. The van der Waals surface area contributed by atoms with Crippen LogP contribution in [0.5, 0.6) is 0 Å². The van der Waals surface area contributed by atoms with Crippen molar-refractivity contribution < 1.29 is 0 Å². The fraction of sp³-hybridized carbons (Fsp3) is 0.286. The lowest BCUT2D eigenvalue weighted by atomic mass is 10.6. The van der Waals surface area contributed by atoms with Crippen LogP contribution >= 0.6 is 11.6 Å². The van der Waals surface area contributed by atoms with E-state index in [4.69, 9.17) is 11.6 Å². The molecule has 56 valence electrons. The van der Waals surface area contributed by atoms with Crippen LogP contribution in [0.2, 0.25) is 0 Å². The molecule has 0 aromatic carbocycles. The molecule has 0 aromatic heterocycles. The number of allylic oxidation sites excluding steroid dienone is 2. The topological polar surface area (TPSA) is 24.4 Å². The smallest absolute Gasteiger partial charge is 0.140 e. The SMILES string of the molecule is C=C/C=N\C(NC)=C(/C)Cl. The number of halogens is 1. The summed E-state index contributed by atoms with van der Waals surface area (Å²) in [6.07, 6.45) is 3.18. The molecule has 0 bridgehead atoms. The molecule has 0 heterocycles. The summed E-state index contributed by atoms with van der Waals surface area (Å²) < 4.78 is 0. The van der Waals surface area contributed by atoms with E-state index in [1.165, 1.54) is 0 Å². The van der Waals surface area contributed by atoms with Gasteiger partial charge in [-0.25, -0.2) is 4.99 Å². The van der Waals surface area contributed by atoms with Gasteiger partial charge in [-0.15, -0.1) is 0 Å². The van der Waals surface area contributed by atoms with Crippen LogP contribution in [0.3, 0.4) is 0 Å². The van der Waals surface area contributed by atoms with Gasteiger partial charge in [0.15, 0.2) is 0 Å². The normalized spacial score (nSPS) is 13.1. The van der Waals surface area contributed by atoms with Crippen LogP contribution in [0, 0.1) is 0 Å². The van der Waals surface area contributed by atoms with Crippen molar-refractivity contribution in [2.24, 2.45) is 4.99 Å². The summed E-state index contributed by atoms with van der Waals surface area (Å²) in [4.78, 5) is 3.95. The van der Waals surface area contributed by atoms with Gasteiger partial charge in [-0.05, 0) is 6.92 Å². The van der Waals surface area contributed by atoms with Crippen LogP contribution in [0.25, 0.3) is 0 Å². The molecule has 0 aliphatic rings. The molecule has 1 N–H and O–H groups in total. The van der Waals surface area contributed by atoms with Crippen molar-refractivity contribution in [3.63, 3.8) is 0 Å². The van der Waals surface area contributed by atoms with Gasteiger partial charge >= 0.3 is 0 Å². The quantitative estimate of drug-likeness (QED) is 0.624. The number of hydrogen-bond donors (Lipinski definition) is 1. The number of nitrogens with zero attached hydrogens (tertiary/aromatic N) is 1. The summed E-state index contributed by atoms with van der Waals surface area (Å²) in [6, 6.07) is 0. The van der Waals surface area contributed by atoms with E-state index in [-0.39, 0.29) is 0 Å². The van der Waals surface area contributed by atoms with Crippen LogP contribution < -0.4 is 5.32 Å². The average molecular weight is 159 g/mol. The van der Waals surface area contributed by atoms with Gasteiger partial charge in [-0.3, -0.25) is 0 Å². The molecule has 0 amide bonds. The zero-order valence-corrected chi connectivity index (χ0v) is 6.94. The molecule has 3 heteroatoms. The van der Waals surface area contributed by atoms with Gasteiger partial charge in [0.05, 0.1) is 5.03 Å². The van der Waals surface area contributed by atoms with E-state index < -0.39 is 0 Å². The second-order valence-electron chi connectivity index (χ2n) is 1.65. The van der Waals surface area contributed by atoms with Gasteiger partial charge in [-0.1, -0.05) is 24.3 Å². The third kappa shape index (κ3) is 3.30. The molecular weight excluding hydrogens is 148 g/mol. The minimum absolute atomic E-state index is 0.639. The van der Waals surface area contributed by atoms with Crippen LogP contribution in [0.15, 0.2) is 28.5 Å². The van der Waals surface area contributed by atoms with Crippen molar-refractivity contribution in [1.82, 2.24) is 5.32 Å². The molecule has 0 unspecified atom stereocenters. The fourth-order valence-electron chi connectivity index (χ4n) is 0.453. The Morgan fingerprint density at radius 3 is 2.60 bits per heavy atom. The molecule has 0 spiro atoms. The zero-order chi connectivity index (χ0) is 7.98. The predicted octanol–water partition coefficient (Wildman–Crippen LogP) is 1.89. The first-order valence-corrected chi connectivity index (χ1v) is 3.29. The maximum atomic E-state index is 5.65. The molecule has 2 nitrogen and oxygen atoms in total. The summed E-state index contributed by atoms with van der Waals surface area (Å²) in [7, 11) is 1.77. The number of aliphatic imine (C=N–C) groups is 1. The van der Waals surface area contributed by atoms with E-state index in [2.05, 4.69) is 16.9 Å². The van der Waals surface area contributed by atoms with Crippen molar-refractivity contribution in [3.05, 3.63) is 23.5 Å². The van der Waals surface area contributed by atoms with Gasteiger partial charge in [0.1, 0.15) is 5.82 Å². The van der Waals surface area contributed by atoms with E-state index in [1.807, 2.05) is 0 Å². The van der Waals surface area contributed by atoms with Crippen molar-refractivity contribution in [3.8, 4) is 0 Å². The third-order valence-electron chi connectivity index (χ3n) is 0.872. The standard InChI is InChI=1S/C7H11ClN2/c1-4-5-10-7(9-3)6(2)8/h4-5,9H,1H2,2-3H3/b7-6+,10-5-. The monoisotopic (exact) mass is 158 g/mol. The van der Waals surface area contributed by atoms with Crippen molar-refractivity contribution in [2.75, 3.05) is 7.05 Å². The maximum absolute atomic E-state index is 5.65. The first-order chi connectivity index (χ1) is 4.72. The Labute approximate surface area is 66.3 Å². The van der Waals surface area contributed by atoms with Crippen molar-refractivity contribution >= 4 is 17.8 Å². The van der Waals surface area contributed by atoms with Gasteiger partial charge in [-0.2, -0.15) is 0 Å². The first-order valence-electron chi connectivity index (χ1n) is 2.91. The molecule has 0 aliphatic heterocycles. The number of hydrogen-bond acceptors (Lipinski definition) is 2. The van der Waals surface area contributed by atoms with Gasteiger partial charge in [0.2, 0.25) is 0 Å². The molecule has 0 saturated heterocycles. The lowest BCUT2D eigenvalue weighted by Gasteiger charge is -1.98. The molecule has 0 radical (unpaired) electrons. The van der Waals surface area contributed by atoms with Gasteiger partial charge < -0.3 is 5.32 Å². The lowest BCUT2D eigenvalue weighted by Crippen LogP contribution is -2.04. The van der Waals surface area contributed by atoms with Crippen molar-refractivity contribution in [2.45, 2.75) is 6.92 Å². The Hall–Kier alpha value is -0.760. The Morgan fingerprint density at radius 2 is 2.30 bits per heavy atom. The highest BCUT2D eigenvalue weighted by molar-refractivity contribution is 6.29. The fourth-order valence-corrected chi connectivity index (χ4v) is 0.596. The number of rotatable bonds is 3. The molecule has 10 heavy (non-hydrogen) atoms. The highest BCUT2D eigenvalue weighted by Crippen LogP contribution is 2.04. The Kier molecular flexibility index (Phi) is 4.67. The van der Waals surface area contributed by atoms with E-state index >= 15 is 0 Å². The Bertz CT molecular complexity index is 166. The summed E-state index contributed by atoms with van der Waals surface area (Å²) >= 11 is 5.65. The largest absolute Gasteiger partial charge is 0.372 e. The summed E-state index contributed by atoms with van der Waals surface area (Å²) in [5, 5.41) is 3.48. The second-order valence-corrected chi connectivity index (χ2v) is 2.21. The summed E-state index contributed by atoms with van der Waals surface area (Å²) in [5.41, 5.74) is 0. The zero-order valence-electron chi connectivity index (χ0n) is 6.19. The van der Waals surface area contributed by atoms with Crippen LogP contribution in [0.4, 0.5) is 0 Å². The summed E-state index contributed by atoms with van der Waals surface area (Å²) in [5.74, 6) is 0.668. The number of nitrogens with one attached hydrogen (secondary N) is 1. The van der Waals surface area contributed by atoms with Gasteiger partial charge in [0, 0.05) is 13.3 Å². The Balaban J connectivity index is 4.23. The van der Waals surface area contributed by atoms with Crippen LogP contribution in [0.1, 0.15) is 6.92 Å². The van der Waals surface area contributed by atoms with Crippen molar-refractivity contribution in [1.29, 1.82) is 0 Å². The predicted molar refractivity (Wildman–Crippen MR) is 46.3 cm³/mol. The highest BCUT2D eigenvalue weighted by Gasteiger charge is 1.90. The van der Waals surface area contributed by atoms with E-state index in [0.29, 0.717) is 10.9 Å². The third-order valence-corrected chi connectivity index (χ3v) is 1.05. The van der Waals surface area contributed by atoms with E-state index in [9.17, 15) is 0 Å². The Morgan fingerprint density at radius 1 is 1.70 bits per heavy atom. The first kappa shape index (κ1) is 9.24. The molecule has 0 rings (SSSR count). The van der Waals surface area contributed by atoms with E-state index in [0.717, 1.165) is 0 Å².